The molecule has 0 aliphatic rings. The molecule has 0 heterocycles. The summed E-state index contributed by atoms with van der Waals surface area (Å²) in [6.07, 6.45) is 3.61. The Bertz CT molecular complexity index is 405. The highest BCUT2D eigenvalue weighted by Crippen LogP contribution is 2.23. The summed E-state index contributed by atoms with van der Waals surface area (Å²) in [6.45, 7) is 19.5. The van der Waals surface area contributed by atoms with Crippen molar-refractivity contribution in [2.75, 3.05) is 0 Å². The normalized spacial score (nSPS) is 12.6. The Morgan fingerprint density at radius 3 is 1.33 bits per heavy atom. The van der Waals surface area contributed by atoms with Gasteiger partial charge < -0.3 is 0 Å². The lowest BCUT2D eigenvalue weighted by Gasteiger charge is -2.18. The van der Waals surface area contributed by atoms with Gasteiger partial charge in [-0.3, -0.25) is 0 Å². The van der Waals surface area contributed by atoms with Crippen molar-refractivity contribution in [3.63, 3.8) is 0 Å². The maximum atomic E-state index is 4.11. The van der Waals surface area contributed by atoms with Crippen LogP contribution >= 0.6 is 0 Å². The van der Waals surface area contributed by atoms with Crippen LogP contribution in [0.5, 0.6) is 0 Å². The molecule has 0 spiro atoms. The lowest BCUT2D eigenvalue weighted by Crippen LogP contribution is -2.15. The number of allylic oxidation sites excluding steroid dienone is 2. The van der Waals surface area contributed by atoms with Gasteiger partial charge >= 0.3 is 0 Å². The summed E-state index contributed by atoms with van der Waals surface area (Å²) in [7, 11) is 0. The van der Waals surface area contributed by atoms with Crippen LogP contribution in [0.3, 0.4) is 0 Å². The molecule has 18 heavy (non-hydrogen) atoms. The first-order chi connectivity index (χ1) is 8.17. The van der Waals surface area contributed by atoms with Crippen LogP contribution in [0.1, 0.15) is 41.5 Å². The van der Waals surface area contributed by atoms with Crippen LogP contribution in [0.4, 0.5) is 0 Å². The van der Waals surface area contributed by atoms with E-state index in [1.165, 1.54) is 0 Å². The van der Waals surface area contributed by atoms with Crippen molar-refractivity contribution in [1.29, 1.82) is 0 Å². The third-order valence-corrected chi connectivity index (χ3v) is 3.29. The van der Waals surface area contributed by atoms with Crippen LogP contribution < -0.4 is 0 Å². The van der Waals surface area contributed by atoms with Crippen molar-refractivity contribution in [2.45, 2.75) is 41.5 Å². The highest BCUT2D eigenvalue weighted by Gasteiger charge is 2.18. The molecule has 0 aromatic heterocycles. The molecular weight excluding hydrogens is 220 g/mol. The first-order valence-electron chi connectivity index (χ1n) is 6.00. The Morgan fingerprint density at radius 2 is 1.11 bits per heavy atom. The molecule has 0 aliphatic heterocycles. The predicted molar refractivity (Wildman–Crippen MR) is 81.2 cm³/mol. The van der Waals surface area contributed by atoms with E-state index < -0.39 is 0 Å². The van der Waals surface area contributed by atoms with Gasteiger partial charge in [0, 0.05) is 23.3 Å². The summed E-state index contributed by atoms with van der Waals surface area (Å²) in [4.78, 5) is 0. The second-order valence-electron chi connectivity index (χ2n) is 5.54. The van der Waals surface area contributed by atoms with Crippen molar-refractivity contribution in [3.05, 3.63) is 35.8 Å². The standard InChI is InChI=1S/C16H24N2/c1-9-13(3)15(5,6)11-17-18-12-16(7,8)14(4)10-2/h11-12H,1-2H2,3-8H3/b17-11+,18-12+. The van der Waals surface area contributed by atoms with Crippen LogP contribution in [-0.2, 0) is 0 Å². The van der Waals surface area contributed by atoms with Crippen LogP contribution in [0.25, 0.3) is 0 Å². The minimum Gasteiger partial charge on any atom is -0.163 e. The molecule has 0 atom stereocenters. The highest BCUT2D eigenvalue weighted by atomic mass is 15.2. The first-order valence-corrected chi connectivity index (χ1v) is 6.00. The molecule has 0 aromatic carbocycles. The molecule has 2 nitrogen and oxygen atoms in total. The number of hydrogen-bond acceptors (Lipinski definition) is 2. The van der Waals surface area contributed by atoms with Crippen LogP contribution in [0.2, 0.25) is 0 Å². The zero-order chi connectivity index (χ0) is 14.4. The van der Waals surface area contributed by atoms with Crippen molar-refractivity contribution >= 4 is 12.4 Å². The van der Waals surface area contributed by atoms with Gasteiger partial charge in [0.1, 0.15) is 0 Å². The topological polar surface area (TPSA) is 24.7 Å². The van der Waals surface area contributed by atoms with Crippen molar-refractivity contribution < 1.29 is 0 Å². The zero-order valence-electron chi connectivity index (χ0n) is 12.5. The number of hydrogen-bond donors (Lipinski definition) is 0. The molecule has 0 amide bonds. The van der Waals surface area contributed by atoms with E-state index >= 15 is 0 Å². The molecule has 0 rings (SSSR count). The molecular formula is C16H24N2. The summed E-state index contributed by atoms with van der Waals surface area (Å²) in [5, 5.41) is 8.22. The van der Waals surface area contributed by atoms with Crippen LogP contribution in [0, 0.1) is 10.8 Å². The molecule has 0 unspecified atom stereocenters. The fourth-order valence-corrected chi connectivity index (χ4v) is 1.00. The minimum absolute atomic E-state index is 0.174. The average Bonchev–Trinajstić information content (AvgIpc) is 2.32. The molecule has 0 aromatic rings. The lowest BCUT2D eigenvalue weighted by atomic mass is 9.87. The Labute approximate surface area is 111 Å². The number of rotatable bonds is 5. The van der Waals surface area contributed by atoms with E-state index in [2.05, 4.69) is 62.5 Å². The smallest absolute Gasteiger partial charge is 0.0373 e. The van der Waals surface area contributed by atoms with Gasteiger partial charge in [-0.25, -0.2) is 0 Å². The first kappa shape index (κ1) is 16.4. The Morgan fingerprint density at radius 1 is 0.833 bits per heavy atom. The van der Waals surface area contributed by atoms with Crippen molar-refractivity contribution in [1.82, 2.24) is 0 Å². The molecule has 0 aliphatic carbocycles. The monoisotopic (exact) mass is 244 g/mol. The third kappa shape index (κ3) is 4.71. The SMILES string of the molecule is C=C=C(C)C(C)(C)/C=N/N=C/C(C)(C)C(C)=C=C. The third-order valence-electron chi connectivity index (χ3n) is 3.29. The summed E-state index contributed by atoms with van der Waals surface area (Å²) in [6, 6.07) is 0. The Hall–Kier alpha value is -1.62. The number of nitrogens with zero attached hydrogens (tertiary/aromatic N) is 2. The lowest BCUT2D eigenvalue weighted by molar-refractivity contribution is 0.634. The van der Waals surface area contributed by atoms with Crippen molar-refractivity contribution in [3.8, 4) is 0 Å². The maximum Gasteiger partial charge on any atom is 0.0373 e. The van der Waals surface area contributed by atoms with Gasteiger partial charge in [0.2, 0.25) is 0 Å². The fourth-order valence-electron chi connectivity index (χ4n) is 1.00. The Balaban J connectivity index is 4.89. The van der Waals surface area contributed by atoms with Gasteiger partial charge in [-0.05, 0) is 25.0 Å². The molecule has 0 bridgehead atoms. The van der Waals surface area contributed by atoms with Gasteiger partial charge in [-0.1, -0.05) is 40.9 Å². The van der Waals surface area contributed by atoms with E-state index in [0.717, 1.165) is 11.1 Å². The van der Waals surface area contributed by atoms with Gasteiger partial charge in [0.05, 0.1) is 0 Å². The Kier molecular flexibility index (Phi) is 5.78. The van der Waals surface area contributed by atoms with Gasteiger partial charge in [0.15, 0.2) is 0 Å². The highest BCUT2D eigenvalue weighted by molar-refractivity contribution is 5.72. The van der Waals surface area contributed by atoms with Crippen molar-refractivity contribution in [2.24, 2.45) is 21.0 Å². The van der Waals surface area contributed by atoms with Gasteiger partial charge in [-0.2, -0.15) is 10.2 Å². The van der Waals surface area contributed by atoms with Crippen LogP contribution in [-0.4, -0.2) is 12.4 Å². The fraction of sp³-hybridized carbons (Fsp3) is 0.500. The second-order valence-corrected chi connectivity index (χ2v) is 5.54. The molecule has 0 fully saturated rings. The van der Waals surface area contributed by atoms with E-state index in [4.69, 9.17) is 0 Å². The maximum absolute atomic E-state index is 4.11. The molecule has 98 valence electrons. The molecule has 0 radical (unpaired) electrons. The van der Waals surface area contributed by atoms with E-state index in [0.29, 0.717) is 0 Å². The van der Waals surface area contributed by atoms with E-state index in [1.807, 2.05) is 13.8 Å². The summed E-state index contributed by atoms with van der Waals surface area (Å²) in [5.41, 5.74) is 7.52. The van der Waals surface area contributed by atoms with E-state index in [1.54, 1.807) is 12.4 Å². The van der Waals surface area contributed by atoms with E-state index in [-0.39, 0.29) is 10.8 Å². The summed E-state index contributed by atoms with van der Waals surface area (Å²) >= 11 is 0. The van der Waals surface area contributed by atoms with E-state index in [9.17, 15) is 0 Å². The largest absolute Gasteiger partial charge is 0.163 e. The summed E-state index contributed by atoms with van der Waals surface area (Å²) in [5.74, 6) is 0. The molecule has 0 N–H and O–H groups in total. The zero-order valence-corrected chi connectivity index (χ0v) is 12.5. The second kappa shape index (κ2) is 6.35. The van der Waals surface area contributed by atoms with Gasteiger partial charge in [0.25, 0.3) is 0 Å². The molecule has 2 heteroatoms. The molecule has 0 saturated carbocycles. The predicted octanol–water partition coefficient (Wildman–Crippen LogP) is 4.56. The molecule has 0 saturated heterocycles. The summed E-state index contributed by atoms with van der Waals surface area (Å²) < 4.78 is 0. The van der Waals surface area contributed by atoms with Gasteiger partial charge in [-0.15, -0.1) is 11.5 Å². The quantitative estimate of drug-likeness (QED) is 0.385. The van der Waals surface area contributed by atoms with Crippen LogP contribution in [0.15, 0.2) is 46.0 Å². The average molecular weight is 244 g/mol. The minimum atomic E-state index is -0.174.